The molecule has 0 fully saturated rings. The van der Waals surface area contributed by atoms with Crippen LogP contribution in [0.1, 0.15) is 5.56 Å². The van der Waals surface area contributed by atoms with Gasteiger partial charge in [0.15, 0.2) is 15.3 Å². The minimum Gasteiger partial charge on any atom is -0.305 e. The molecular formula is C20H17FN6OS3. The number of aromatic nitrogens is 5. The van der Waals surface area contributed by atoms with Crippen molar-refractivity contribution in [3.8, 4) is 11.4 Å². The van der Waals surface area contributed by atoms with E-state index in [1.807, 2.05) is 41.9 Å². The zero-order valence-electron chi connectivity index (χ0n) is 16.4. The van der Waals surface area contributed by atoms with E-state index in [0.29, 0.717) is 16.0 Å². The first-order valence-corrected chi connectivity index (χ1v) is 12.0. The van der Waals surface area contributed by atoms with Gasteiger partial charge in [0, 0.05) is 18.4 Å². The molecule has 11 heteroatoms. The first-order valence-electron chi connectivity index (χ1n) is 9.16. The van der Waals surface area contributed by atoms with Crippen molar-refractivity contribution in [2.45, 2.75) is 15.2 Å². The second-order valence-corrected chi connectivity index (χ2v) is 9.50. The fourth-order valence-electron chi connectivity index (χ4n) is 2.61. The van der Waals surface area contributed by atoms with Crippen LogP contribution in [0.4, 0.5) is 9.52 Å². The summed E-state index contributed by atoms with van der Waals surface area (Å²) in [6, 6.07) is 16.1. The average molecular weight is 473 g/mol. The Morgan fingerprint density at radius 2 is 1.81 bits per heavy atom. The lowest BCUT2D eigenvalue weighted by Gasteiger charge is -2.03. The SMILES string of the molecule is Cn1c(SCC(=O)Nc2nnc(SCc3ccc(F)cc3)s2)nnc1-c1ccccc1. The zero-order chi connectivity index (χ0) is 21.6. The molecule has 1 amide bonds. The predicted octanol–water partition coefficient (Wildman–Crippen LogP) is 4.50. The van der Waals surface area contributed by atoms with E-state index in [1.165, 1.54) is 47.0 Å². The van der Waals surface area contributed by atoms with E-state index in [2.05, 4.69) is 25.7 Å². The zero-order valence-corrected chi connectivity index (χ0v) is 18.8. The van der Waals surface area contributed by atoms with Crippen molar-refractivity contribution in [1.82, 2.24) is 25.0 Å². The largest absolute Gasteiger partial charge is 0.305 e. The van der Waals surface area contributed by atoms with Gasteiger partial charge in [-0.05, 0) is 17.7 Å². The molecule has 2 aromatic heterocycles. The van der Waals surface area contributed by atoms with E-state index >= 15 is 0 Å². The Kier molecular flexibility index (Phi) is 6.95. The molecular weight excluding hydrogens is 455 g/mol. The molecule has 0 aliphatic heterocycles. The number of nitrogens with zero attached hydrogens (tertiary/aromatic N) is 5. The second kappa shape index (κ2) is 10.0. The number of hydrogen-bond acceptors (Lipinski definition) is 8. The molecule has 2 aromatic carbocycles. The molecule has 4 aromatic rings. The summed E-state index contributed by atoms with van der Waals surface area (Å²) in [7, 11) is 1.87. The Morgan fingerprint density at radius 3 is 2.58 bits per heavy atom. The molecule has 7 nitrogen and oxygen atoms in total. The number of anilines is 1. The van der Waals surface area contributed by atoms with Crippen LogP contribution in [-0.4, -0.2) is 36.6 Å². The van der Waals surface area contributed by atoms with Crippen molar-refractivity contribution in [3.63, 3.8) is 0 Å². The van der Waals surface area contributed by atoms with Crippen molar-refractivity contribution in [3.05, 3.63) is 66.0 Å². The number of rotatable bonds is 8. The highest BCUT2D eigenvalue weighted by molar-refractivity contribution is 8.00. The van der Waals surface area contributed by atoms with Crippen LogP contribution >= 0.6 is 34.9 Å². The Morgan fingerprint density at radius 1 is 1.03 bits per heavy atom. The maximum atomic E-state index is 13.0. The van der Waals surface area contributed by atoms with E-state index < -0.39 is 0 Å². The smallest absolute Gasteiger partial charge is 0.236 e. The number of halogens is 1. The summed E-state index contributed by atoms with van der Waals surface area (Å²) in [4.78, 5) is 12.3. The van der Waals surface area contributed by atoms with E-state index in [1.54, 1.807) is 12.1 Å². The molecule has 2 heterocycles. The van der Waals surface area contributed by atoms with Gasteiger partial charge >= 0.3 is 0 Å². The molecule has 4 rings (SSSR count). The summed E-state index contributed by atoms with van der Waals surface area (Å²) in [5.74, 6) is 1.12. The molecule has 158 valence electrons. The van der Waals surface area contributed by atoms with Crippen LogP contribution in [0.15, 0.2) is 64.1 Å². The molecule has 0 saturated heterocycles. The van der Waals surface area contributed by atoms with Gasteiger partial charge < -0.3 is 4.57 Å². The van der Waals surface area contributed by atoms with E-state index in [-0.39, 0.29) is 17.5 Å². The molecule has 0 bridgehead atoms. The fourth-order valence-corrected chi connectivity index (χ4v) is 5.04. The van der Waals surface area contributed by atoms with Crippen LogP contribution in [0.25, 0.3) is 11.4 Å². The van der Waals surface area contributed by atoms with Gasteiger partial charge in [0.05, 0.1) is 5.75 Å². The minimum atomic E-state index is -0.259. The van der Waals surface area contributed by atoms with Gasteiger partial charge in [0.25, 0.3) is 0 Å². The van der Waals surface area contributed by atoms with Crippen LogP contribution < -0.4 is 5.32 Å². The Labute approximate surface area is 190 Å². The fraction of sp³-hybridized carbons (Fsp3) is 0.150. The number of nitrogens with one attached hydrogen (secondary N) is 1. The highest BCUT2D eigenvalue weighted by Gasteiger charge is 2.14. The van der Waals surface area contributed by atoms with Gasteiger partial charge in [-0.2, -0.15) is 0 Å². The van der Waals surface area contributed by atoms with Crippen LogP contribution in [0.2, 0.25) is 0 Å². The summed E-state index contributed by atoms with van der Waals surface area (Å²) in [6.07, 6.45) is 0. The summed E-state index contributed by atoms with van der Waals surface area (Å²) in [5, 5.41) is 20.3. The Bertz CT molecular complexity index is 1160. The predicted molar refractivity (Wildman–Crippen MR) is 122 cm³/mol. The Balaban J connectivity index is 1.28. The second-order valence-electron chi connectivity index (χ2n) is 6.36. The molecule has 1 N–H and O–H groups in total. The molecule has 0 aliphatic carbocycles. The van der Waals surface area contributed by atoms with Gasteiger partial charge in [0.1, 0.15) is 5.82 Å². The first kappa shape index (κ1) is 21.5. The average Bonchev–Trinajstić information content (AvgIpc) is 3.38. The lowest BCUT2D eigenvalue weighted by molar-refractivity contribution is -0.113. The number of benzene rings is 2. The van der Waals surface area contributed by atoms with E-state index in [0.717, 1.165) is 21.3 Å². The molecule has 0 aliphatic rings. The lowest BCUT2D eigenvalue weighted by Crippen LogP contribution is -2.14. The minimum absolute atomic E-state index is 0.179. The van der Waals surface area contributed by atoms with Crippen molar-refractivity contribution < 1.29 is 9.18 Å². The molecule has 31 heavy (non-hydrogen) atoms. The third kappa shape index (κ3) is 5.69. The van der Waals surface area contributed by atoms with Gasteiger partial charge in [-0.15, -0.1) is 20.4 Å². The maximum absolute atomic E-state index is 13.0. The molecule has 0 spiro atoms. The standard InChI is InChI=1S/C20H17FN6OS3/c1-27-17(14-5-3-2-4-6-14)23-25-19(27)29-12-16(28)22-18-24-26-20(31-18)30-11-13-7-9-15(21)10-8-13/h2-10H,11-12H2,1H3,(H,22,24,28). The highest BCUT2D eigenvalue weighted by Crippen LogP contribution is 2.29. The molecule has 0 saturated carbocycles. The van der Waals surface area contributed by atoms with Crippen molar-refractivity contribution in [2.24, 2.45) is 7.05 Å². The third-order valence-electron chi connectivity index (χ3n) is 4.13. The Hall–Kier alpha value is -2.76. The van der Waals surface area contributed by atoms with Gasteiger partial charge in [-0.3, -0.25) is 10.1 Å². The topological polar surface area (TPSA) is 85.6 Å². The summed E-state index contributed by atoms with van der Waals surface area (Å²) < 4.78 is 15.6. The first-order chi connectivity index (χ1) is 15.1. The summed E-state index contributed by atoms with van der Waals surface area (Å²) >= 11 is 4.09. The number of carbonyl (C=O) groups is 1. The van der Waals surface area contributed by atoms with Crippen LogP contribution in [0.3, 0.4) is 0 Å². The quantitative estimate of drug-likeness (QED) is 0.299. The normalized spacial score (nSPS) is 10.9. The number of hydrogen-bond donors (Lipinski definition) is 1. The number of carbonyl (C=O) groups excluding carboxylic acids is 1. The van der Waals surface area contributed by atoms with E-state index in [9.17, 15) is 9.18 Å². The van der Waals surface area contributed by atoms with Crippen molar-refractivity contribution in [2.75, 3.05) is 11.1 Å². The molecule has 0 radical (unpaired) electrons. The monoisotopic (exact) mass is 472 g/mol. The number of amides is 1. The molecule has 0 atom stereocenters. The van der Waals surface area contributed by atoms with Crippen LogP contribution in [0.5, 0.6) is 0 Å². The summed E-state index contributed by atoms with van der Waals surface area (Å²) in [6.45, 7) is 0. The third-order valence-corrected chi connectivity index (χ3v) is 7.19. The van der Waals surface area contributed by atoms with Crippen molar-refractivity contribution in [1.29, 1.82) is 0 Å². The molecule has 0 unspecified atom stereocenters. The van der Waals surface area contributed by atoms with Gasteiger partial charge in [-0.25, -0.2) is 4.39 Å². The maximum Gasteiger partial charge on any atom is 0.236 e. The highest BCUT2D eigenvalue weighted by atomic mass is 32.2. The van der Waals surface area contributed by atoms with Crippen molar-refractivity contribution >= 4 is 45.9 Å². The number of thioether (sulfide) groups is 2. The van der Waals surface area contributed by atoms with Gasteiger partial charge in [-0.1, -0.05) is 77.3 Å². The summed E-state index contributed by atoms with van der Waals surface area (Å²) in [5.41, 5.74) is 1.95. The van der Waals surface area contributed by atoms with Gasteiger partial charge in [0.2, 0.25) is 11.0 Å². The lowest BCUT2D eigenvalue weighted by atomic mass is 10.2. The van der Waals surface area contributed by atoms with Crippen LogP contribution in [-0.2, 0) is 17.6 Å². The van der Waals surface area contributed by atoms with Crippen LogP contribution in [0, 0.1) is 5.82 Å². The van der Waals surface area contributed by atoms with E-state index in [4.69, 9.17) is 0 Å².